The van der Waals surface area contributed by atoms with E-state index in [1.165, 1.54) is 0 Å². The molecule has 1 aromatic rings. The van der Waals surface area contributed by atoms with Crippen molar-refractivity contribution in [3.63, 3.8) is 0 Å². The summed E-state index contributed by atoms with van der Waals surface area (Å²) in [5.74, 6) is 0.691. The highest BCUT2D eigenvalue weighted by Gasteiger charge is 2.31. The molecule has 1 fully saturated rings. The number of halogens is 1. The maximum atomic E-state index is 11.7. The molecule has 0 aliphatic heterocycles. The summed E-state index contributed by atoms with van der Waals surface area (Å²) in [6, 6.07) is 6.42. The van der Waals surface area contributed by atoms with E-state index in [0.717, 1.165) is 28.6 Å². The Kier molecular flexibility index (Phi) is 5.43. The van der Waals surface area contributed by atoms with Gasteiger partial charge in [0.1, 0.15) is 5.75 Å². The lowest BCUT2D eigenvalue weighted by atomic mass is 10.2. The van der Waals surface area contributed by atoms with Crippen LogP contribution in [0, 0.1) is 0 Å². The monoisotopic (exact) mass is 341 g/mol. The first-order valence-corrected chi connectivity index (χ1v) is 7.65. The van der Waals surface area contributed by atoms with Gasteiger partial charge in [0.15, 0.2) is 0 Å². The van der Waals surface area contributed by atoms with Gasteiger partial charge in [0, 0.05) is 22.6 Å². The van der Waals surface area contributed by atoms with Gasteiger partial charge < -0.3 is 9.47 Å². The van der Waals surface area contributed by atoms with Crippen molar-refractivity contribution in [2.24, 2.45) is 0 Å². The summed E-state index contributed by atoms with van der Waals surface area (Å²) in [6.07, 6.45) is 2.30. The number of rotatable bonds is 7. The summed E-state index contributed by atoms with van der Waals surface area (Å²) in [6.45, 7) is 3.30. The number of hydrogen-bond acceptors (Lipinski definition) is 4. The average molecular weight is 342 g/mol. The highest BCUT2D eigenvalue weighted by Crippen LogP contribution is 2.31. The van der Waals surface area contributed by atoms with E-state index in [0.29, 0.717) is 25.7 Å². The Morgan fingerprint density at radius 1 is 1.45 bits per heavy atom. The molecule has 1 aliphatic rings. The SMILES string of the molecule is CCOC(=O)CN(Cc1cc(Br)ccc1OC)C1CC1. The second-order valence-corrected chi connectivity index (χ2v) is 5.81. The molecule has 1 aliphatic carbocycles. The highest BCUT2D eigenvalue weighted by atomic mass is 79.9. The Morgan fingerprint density at radius 3 is 2.80 bits per heavy atom. The van der Waals surface area contributed by atoms with Crippen LogP contribution in [-0.4, -0.2) is 37.2 Å². The van der Waals surface area contributed by atoms with Crippen LogP contribution in [0.1, 0.15) is 25.3 Å². The largest absolute Gasteiger partial charge is 0.496 e. The van der Waals surface area contributed by atoms with E-state index in [-0.39, 0.29) is 5.97 Å². The van der Waals surface area contributed by atoms with Crippen molar-refractivity contribution in [1.82, 2.24) is 4.90 Å². The molecule has 0 radical (unpaired) electrons. The summed E-state index contributed by atoms with van der Waals surface area (Å²) in [5, 5.41) is 0. The molecular formula is C15H20BrNO3. The van der Waals surface area contributed by atoms with Crippen LogP contribution in [0.4, 0.5) is 0 Å². The molecule has 110 valence electrons. The van der Waals surface area contributed by atoms with Crippen LogP contribution in [0.3, 0.4) is 0 Å². The third kappa shape index (κ3) is 4.21. The molecular weight excluding hydrogens is 322 g/mol. The number of nitrogens with zero attached hydrogens (tertiary/aromatic N) is 1. The minimum Gasteiger partial charge on any atom is -0.496 e. The second kappa shape index (κ2) is 7.09. The first-order valence-electron chi connectivity index (χ1n) is 6.86. The van der Waals surface area contributed by atoms with Crippen molar-refractivity contribution in [2.45, 2.75) is 32.4 Å². The topological polar surface area (TPSA) is 38.8 Å². The fraction of sp³-hybridized carbons (Fsp3) is 0.533. The summed E-state index contributed by atoms with van der Waals surface area (Å²) in [7, 11) is 1.67. The van der Waals surface area contributed by atoms with E-state index in [9.17, 15) is 4.79 Å². The minimum atomic E-state index is -0.159. The molecule has 0 aromatic heterocycles. The number of esters is 1. The van der Waals surface area contributed by atoms with E-state index in [1.54, 1.807) is 7.11 Å². The quantitative estimate of drug-likeness (QED) is 0.714. The standard InChI is InChI=1S/C15H20BrNO3/c1-3-20-15(18)10-17(13-5-6-13)9-11-8-12(16)4-7-14(11)19-2/h4,7-8,13H,3,5-6,9-10H2,1-2H3. The lowest BCUT2D eigenvalue weighted by Gasteiger charge is -2.22. The van der Waals surface area contributed by atoms with E-state index in [2.05, 4.69) is 20.8 Å². The van der Waals surface area contributed by atoms with Crippen LogP contribution >= 0.6 is 15.9 Å². The minimum absolute atomic E-state index is 0.159. The smallest absolute Gasteiger partial charge is 0.320 e. The van der Waals surface area contributed by atoms with Crippen LogP contribution in [-0.2, 0) is 16.1 Å². The predicted octanol–water partition coefficient (Wildman–Crippen LogP) is 2.99. The molecule has 0 bridgehead atoms. The molecule has 0 atom stereocenters. The van der Waals surface area contributed by atoms with Gasteiger partial charge in [0.05, 0.1) is 20.3 Å². The van der Waals surface area contributed by atoms with Crippen LogP contribution in [0.2, 0.25) is 0 Å². The number of ether oxygens (including phenoxy) is 2. The zero-order chi connectivity index (χ0) is 14.5. The molecule has 2 rings (SSSR count). The van der Waals surface area contributed by atoms with Gasteiger partial charge in [-0.25, -0.2) is 0 Å². The first-order chi connectivity index (χ1) is 9.63. The number of carbonyl (C=O) groups is 1. The number of carbonyl (C=O) groups excluding carboxylic acids is 1. The van der Waals surface area contributed by atoms with E-state index >= 15 is 0 Å². The Balaban J connectivity index is 2.08. The molecule has 0 unspecified atom stereocenters. The Morgan fingerprint density at radius 2 is 2.20 bits per heavy atom. The number of benzene rings is 1. The highest BCUT2D eigenvalue weighted by molar-refractivity contribution is 9.10. The second-order valence-electron chi connectivity index (χ2n) is 4.90. The first kappa shape index (κ1) is 15.3. The van der Waals surface area contributed by atoms with E-state index in [1.807, 2.05) is 25.1 Å². The van der Waals surface area contributed by atoms with Gasteiger partial charge in [0.2, 0.25) is 0 Å². The third-order valence-electron chi connectivity index (χ3n) is 3.32. The van der Waals surface area contributed by atoms with Gasteiger partial charge in [0.25, 0.3) is 0 Å². The van der Waals surface area contributed by atoms with Crippen molar-refractivity contribution >= 4 is 21.9 Å². The Labute approximate surface area is 128 Å². The number of methoxy groups -OCH3 is 1. The average Bonchev–Trinajstić information content (AvgIpc) is 3.23. The van der Waals surface area contributed by atoms with Crippen molar-refractivity contribution in [3.05, 3.63) is 28.2 Å². The van der Waals surface area contributed by atoms with Gasteiger partial charge >= 0.3 is 5.97 Å². The molecule has 0 saturated heterocycles. The van der Waals surface area contributed by atoms with Crippen LogP contribution in [0.25, 0.3) is 0 Å². The number of hydrogen-bond donors (Lipinski definition) is 0. The van der Waals surface area contributed by atoms with Crippen LogP contribution in [0.5, 0.6) is 5.75 Å². The Bertz CT molecular complexity index is 474. The summed E-state index contributed by atoms with van der Waals surface area (Å²) < 4.78 is 11.5. The normalized spacial score (nSPS) is 14.4. The fourth-order valence-corrected chi connectivity index (χ4v) is 2.62. The fourth-order valence-electron chi connectivity index (χ4n) is 2.22. The maximum absolute atomic E-state index is 11.7. The molecule has 1 aromatic carbocycles. The summed E-state index contributed by atoms with van der Waals surface area (Å²) >= 11 is 3.48. The van der Waals surface area contributed by atoms with Crippen molar-refractivity contribution in [1.29, 1.82) is 0 Å². The van der Waals surface area contributed by atoms with Crippen molar-refractivity contribution in [3.8, 4) is 5.75 Å². The van der Waals surface area contributed by atoms with Gasteiger partial charge in [-0.1, -0.05) is 15.9 Å². The van der Waals surface area contributed by atoms with Gasteiger partial charge in [-0.3, -0.25) is 9.69 Å². The van der Waals surface area contributed by atoms with Gasteiger partial charge in [-0.05, 0) is 38.0 Å². The Hall–Kier alpha value is -1.07. The zero-order valence-electron chi connectivity index (χ0n) is 11.9. The lowest BCUT2D eigenvalue weighted by Crippen LogP contribution is -2.32. The van der Waals surface area contributed by atoms with E-state index in [4.69, 9.17) is 9.47 Å². The molecule has 5 heteroatoms. The third-order valence-corrected chi connectivity index (χ3v) is 3.81. The summed E-state index contributed by atoms with van der Waals surface area (Å²) in [4.78, 5) is 13.9. The maximum Gasteiger partial charge on any atom is 0.320 e. The predicted molar refractivity (Wildman–Crippen MR) is 80.8 cm³/mol. The molecule has 1 saturated carbocycles. The van der Waals surface area contributed by atoms with Crippen LogP contribution < -0.4 is 4.74 Å². The van der Waals surface area contributed by atoms with Crippen molar-refractivity contribution < 1.29 is 14.3 Å². The molecule has 0 spiro atoms. The summed E-state index contributed by atoms with van der Waals surface area (Å²) in [5.41, 5.74) is 1.08. The molecule has 20 heavy (non-hydrogen) atoms. The molecule has 4 nitrogen and oxygen atoms in total. The molecule has 0 N–H and O–H groups in total. The lowest BCUT2D eigenvalue weighted by molar-refractivity contribution is -0.144. The zero-order valence-corrected chi connectivity index (χ0v) is 13.5. The molecule has 0 heterocycles. The van der Waals surface area contributed by atoms with Gasteiger partial charge in [-0.15, -0.1) is 0 Å². The molecule has 0 amide bonds. The van der Waals surface area contributed by atoms with Crippen LogP contribution in [0.15, 0.2) is 22.7 Å². The van der Waals surface area contributed by atoms with Crippen molar-refractivity contribution in [2.75, 3.05) is 20.3 Å². The van der Waals surface area contributed by atoms with Gasteiger partial charge in [-0.2, -0.15) is 0 Å². The van der Waals surface area contributed by atoms with E-state index < -0.39 is 0 Å².